The zero-order valence-electron chi connectivity index (χ0n) is 14.3. The molecule has 0 saturated carbocycles. The van der Waals surface area contributed by atoms with Crippen LogP contribution in [-0.4, -0.2) is 27.5 Å². The molecule has 0 bridgehead atoms. The maximum absolute atomic E-state index is 12.2. The van der Waals surface area contributed by atoms with Gasteiger partial charge in [0.25, 0.3) is 0 Å². The largest absolute Gasteiger partial charge is 0.494 e. The van der Waals surface area contributed by atoms with Crippen molar-refractivity contribution in [3.8, 4) is 5.75 Å². The number of benzene rings is 2. The van der Waals surface area contributed by atoms with Gasteiger partial charge in [-0.05, 0) is 43.7 Å². The molecule has 7 heteroatoms. The third kappa shape index (κ3) is 5.88. The molecule has 25 heavy (non-hydrogen) atoms. The summed E-state index contributed by atoms with van der Waals surface area (Å²) >= 11 is 0. The Balaban J connectivity index is 1.87. The van der Waals surface area contributed by atoms with E-state index in [4.69, 9.17) is 4.74 Å². The number of amides is 1. The highest BCUT2D eigenvalue weighted by molar-refractivity contribution is 7.89. The number of ether oxygens (including phenoxy) is 1. The van der Waals surface area contributed by atoms with E-state index in [1.54, 1.807) is 12.1 Å². The molecule has 0 radical (unpaired) electrons. The van der Waals surface area contributed by atoms with Crippen molar-refractivity contribution in [3.05, 3.63) is 59.7 Å². The van der Waals surface area contributed by atoms with E-state index in [0.29, 0.717) is 18.9 Å². The summed E-state index contributed by atoms with van der Waals surface area (Å²) in [4.78, 5) is 11.9. The van der Waals surface area contributed by atoms with E-state index >= 15 is 0 Å². The fourth-order valence-electron chi connectivity index (χ4n) is 2.21. The predicted molar refractivity (Wildman–Crippen MR) is 95.8 cm³/mol. The fourth-order valence-corrected chi connectivity index (χ4v) is 3.19. The van der Waals surface area contributed by atoms with Gasteiger partial charge in [0, 0.05) is 6.54 Å². The molecule has 0 aliphatic carbocycles. The number of nitrogens with one attached hydrogen (secondary N) is 2. The van der Waals surface area contributed by atoms with Gasteiger partial charge in [-0.3, -0.25) is 4.79 Å². The maximum atomic E-state index is 12.2. The number of hydrogen-bond donors (Lipinski definition) is 2. The molecule has 2 aromatic rings. The molecule has 0 heterocycles. The Morgan fingerprint density at radius 1 is 1.12 bits per heavy atom. The quantitative estimate of drug-likeness (QED) is 0.752. The van der Waals surface area contributed by atoms with E-state index in [0.717, 1.165) is 11.1 Å². The van der Waals surface area contributed by atoms with Gasteiger partial charge in [-0.25, -0.2) is 13.1 Å². The lowest BCUT2D eigenvalue weighted by atomic mass is 10.1. The maximum Gasteiger partial charge on any atom is 0.241 e. The molecule has 0 aliphatic rings. The minimum Gasteiger partial charge on any atom is -0.494 e. The first-order valence-electron chi connectivity index (χ1n) is 7.95. The molecule has 0 aliphatic heterocycles. The van der Waals surface area contributed by atoms with Crippen molar-refractivity contribution < 1.29 is 17.9 Å². The molecule has 0 unspecified atom stereocenters. The summed E-state index contributed by atoms with van der Waals surface area (Å²) in [6.45, 7) is 4.36. The van der Waals surface area contributed by atoms with Gasteiger partial charge in [0.2, 0.25) is 15.9 Å². The highest BCUT2D eigenvalue weighted by Crippen LogP contribution is 2.15. The first-order valence-corrected chi connectivity index (χ1v) is 9.44. The van der Waals surface area contributed by atoms with E-state index < -0.39 is 15.9 Å². The fraction of sp³-hybridized carbons (Fsp3) is 0.278. The molecule has 0 spiro atoms. The van der Waals surface area contributed by atoms with Crippen molar-refractivity contribution in [3.63, 3.8) is 0 Å². The van der Waals surface area contributed by atoms with Crippen LogP contribution < -0.4 is 14.8 Å². The molecule has 0 fully saturated rings. The van der Waals surface area contributed by atoms with Crippen LogP contribution in [0, 0.1) is 6.92 Å². The third-order valence-electron chi connectivity index (χ3n) is 3.44. The molecule has 2 rings (SSSR count). The van der Waals surface area contributed by atoms with Gasteiger partial charge in [0.15, 0.2) is 0 Å². The zero-order valence-corrected chi connectivity index (χ0v) is 15.1. The number of hydrogen-bond acceptors (Lipinski definition) is 4. The lowest BCUT2D eigenvalue weighted by Gasteiger charge is -2.09. The third-order valence-corrected chi connectivity index (χ3v) is 4.86. The monoisotopic (exact) mass is 362 g/mol. The van der Waals surface area contributed by atoms with Crippen LogP contribution in [0.15, 0.2) is 53.4 Å². The molecule has 1 amide bonds. The summed E-state index contributed by atoms with van der Waals surface area (Å²) in [6, 6.07) is 13.8. The molecule has 0 saturated heterocycles. The summed E-state index contributed by atoms with van der Waals surface area (Å²) in [5.41, 5.74) is 2.06. The van der Waals surface area contributed by atoms with Crippen LogP contribution in [0.4, 0.5) is 0 Å². The minimum absolute atomic E-state index is 0.0856. The van der Waals surface area contributed by atoms with Crippen molar-refractivity contribution in [2.24, 2.45) is 0 Å². The summed E-state index contributed by atoms with van der Waals surface area (Å²) < 4.78 is 32.0. The average molecular weight is 362 g/mol. The van der Waals surface area contributed by atoms with Crippen LogP contribution in [0.1, 0.15) is 18.1 Å². The van der Waals surface area contributed by atoms with Gasteiger partial charge < -0.3 is 10.1 Å². The standard InChI is InChI=1S/C18H22N2O4S/c1-3-24-16-7-9-17(10-8-16)25(22,23)20-13-18(21)19-12-15-6-4-5-14(2)11-15/h4-11,20H,3,12-13H2,1-2H3,(H,19,21). The lowest BCUT2D eigenvalue weighted by Crippen LogP contribution is -2.36. The van der Waals surface area contributed by atoms with Crippen molar-refractivity contribution >= 4 is 15.9 Å². The second-order valence-corrected chi connectivity index (χ2v) is 7.26. The van der Waals surface area contributed by atoms with Gasteiger partial charge >= 0.3 is 0 Å². The summed E-state index contributed by atoms with van der Waals surface area (Å²) in [5, 5.41) is 2.69. The Labute approximate surface area is 148 Å². The average Bonchev–Trinajstić information content (AvgIpc) is 2.59. The zero-order chi connectivity index (χ0) is 18.3. The Morgan fingerprint density at radius 2 is 1.84 bits per heavy atom. The van der Waals surface area contributed by atoms with Crippen molar-refractivity contribution in [1.82, 2.24) is 10.0 Å². The van der Waals surface area contributed by atoms with Gasteiger partial charge in [-0.1, -0.05) is 29.8 Å². The van der Waals surface area contributed by atoms with Gasteiger partial charge in [-0.2, -0.15) is 0 Å². The van der Waals surface area contributed by atoms with Crippen LogP contribution >= 0.6 is 0 Å². The molecule has 6 nitrogen and oxygen atoms in total. The minimum atomic E-state index is -3.74. The molecule has 0 aromatic heterocycles. The van der Waals surface area contributed by atoms with Gasteiger partial charge in [0.05, 0.1) is 18.0 Å². The van der Waals surface area contributed by atoms with E-state index in [1.807, 2.05) is 38.1 Å². The normalized spacial score (nSPS) is 11.1. The van der Waals surface area contributed by atoms with E-state index in [9.17, 15) is 13.2 Å². The second-order valence-electron chi connectivity index (χ2n) is 5.49. The molecule has 2 N–H and O–H groups in total. The summed E-state index contributed by atoms with van der Waals surface area (Å²) in [6.07, 6.45) is 0. The molecular formula is C18H22N2O4S. The summed E-state index contributed by atoms with van der Waals surface area (Å²) in [7, 11) is -3.74. The smallest absolute Gasteiger partial charge is 0.241 e. The molecular weight excluding hydrogens is 340 g/mol. The predicted octanol–water partition coefficient (Wildman–Crippen LogP) is 1.99. The topological polar surface area (TPSA) is 84.5 Å². The summed E-state index contributed by atoms with van der Waals surface area (Å²) in [5.74, 6) is 0.202. The number of sulfonamides is 1. The Hall–Kier alpha value is -2.38. The Bertz CT molecular complexity index is 817. The van der Waals surface area contributed by atoms with Crippen LogP contribution in [0.5, 0.6) is 5.75 Å². The van der Waals surface area contributed by atoms with Crippen LogP contribution in [0.25, 0.3) is 0 Å². The SMILES string of the molecule is CCOc1ccc(S(=O)(=O)NCC(=O)NCc2cccc(C)c2)cc1. The lowest BCUT2D eigenvalue weighted by molar-refractivity contribution is -0.120. The first kappa shape index (κ1) is 19.0. The van der Waals surface area contributed by atoms with Crippen molar-refractivity contribution in [1.29, 1.82) is 0 Å². The molecule has 0 atom stereocenters. The highest BCUT2D eigenvalue weighted by Gasteiger charge is 2.15. The number of rotatable bonds is 8. The van der Waals surface area contributed by atoms with Gasteiger partial charge in [0.1, 0.15) is 5.75 Å². The second kappa shape index (κ2) is 8.64. The molecule has 134 valence electrons. The number of carbonyl (C=O) groups is 1. The number of carbonyl (C=O) groups excluding carboxylic acids is 1. The van der Waals surface area contributed by atoms with Crippen LogP contribution in [0.3, 0.4) is 0 Å². The van der Waals surface area contributed by atoms with Crippen LogP contribution in [-0.2, 0) is 21.4 Å². The number of aryl methyl sites for hydroxylation is 1. The van der Waals surface area contributed by atoms with E-state index in [1.165, 1.54) is 12.1 Å². The Morgan fingerprint density at radius 3 is 2.48 bits per heavy atom. The highest BCUT2D eigenvalue weighted by atomic mass is 32.2. The van der Waals surface area contributed by atoms with Gasteiger partial charge in [-0.15, -0.1) is 0 Å². The first-order chi connectivity index (χ1) is 11.9. The van der Waals surface area contributed by atoms with E-state index in [-0.39, 0.29) is 11.4 Å². The van der Waals surface area contributed by atoms with Crippen molar-refractivity contribution in [2.45, 2.75) is 25.3 Å². The van der Waals surface area contributed by atoms with Crippen LogP contribution in [0.2, 0.25) is 0 Å². The van der Waals surface area contributed by atoms with Crippen molar-refractivity contribution in [2.75, 3.05) is 13.2 Å². The Kier molecular flexibility index (Phi) is 6.55. The molecule has 2 aromatic carbocycles. The van der Waals surface area contributed by atoms with E-state index in [2.05, 4.69) is 10.0 Å².